The van der Waals surface area contributed by atoms with Crippen molar-refractivity contribution in [2.24, 2.45) is 5.92 Å². The third-order valence-electron chi connectivity index (χ3n) is 2.63. The highest BCUT2D eigenvalue weighted by Crippen LogP contribution is 2.24. The molecular formula is C14H17FN2O2. The molecule has 5 heteroatoms. The molecule has 4 nitrogen and oxygen atoms in total. The number of hydrogen-bond acceptors (Lipinski definition) is 3. The van der Waals surface area contributed by atoms with Gasteiger partial charge in [0.2, 0.25) is 0 Å². The molecule has 0 spiro atoms. The summed E-state index contributed by atoms with van der Waals surface area (Å²) in [4.78, 5) is 12.9. The summed E-state index contributed by atoms with van der Waals surface area (Å²) < 4.78 is 13.6. The van der Waals surface area contributed by atoms with E-state index in [0.29, 0.717) is 18.8 Å². The minimum atomic E-state index is -1.29. The Balaban J connectivity index is 3.17. The molecule has 1 rings (SSSR count). The van der Waals surface area contributed by atoms with Crippen LogP contribution in [0, 0.1) is 23.1 Å². The number of nitrogens with zero attached hydrogens (tertiary/aromatic N) is 2. The van der Waals surface area contributed by atoms with Gasteiger partial charge >= 0.3 is 5.97 Å². The zero-order valence-electron chi connectivity index (χ0n) is 11.1. The molecule has 0 fully saturated rings. The van der Waals surface area contributed by atoms with Gasteiger partial charge < -0.3 is 10.0 Å². The molecular weight excluding hydrogens is 247 g/mol. The minimum absolute atomic E-state index is 0.266. The van der Waals surface area contributed by atoms with E-state index in [1.165, 1.54) is 6.07 Å². The van der Waals surface area contributed by atoms with E-state index in [1.54, 1.807) is 11.0 Å². The molecule has 0 heterocycles. The highest BCUT2D eigenvalue weighted by Gasteiger charge is 2.20. The van der Waals surface area contributed by atoms with Crippen molar-refractivity contribution in [3.63, 3.8) is 0 Å². The molecule has 0 aliphatic heterocycles. The van der Waals surface area contributed by atoms with Gasteiger partial charge in [-0.3, -0.25) is 0 Å². The molecule has 0 saturated carbocycles. The summed E-state index contributed by atoms with van der Waals surface area (Å²) in [6.45, 7) is 4.93. The van der Waals surface area contributed by atoms with Gasteiger partial charge in [0, 0.05) is 13.1 Å². The van der Waals surface area contributed by atoms with E-state index in [-0.39, 0.29) is 17.9 Å². The number of rotatable bonds is 6. The summed E-state index contributed by atoms with van der Waals surface area (Å²) in [7, 11) is 0. The topological polar surface area (TPSA) is 64.3 Å². The average Bonchev–Trinajstić information content (AvgIpc) is 2.33. The molecule has 0 radical (unpaired) electrons. The van der Waals surface area contributed by atoms with Crippen LogP contribution in [0.15, 0.2) is 18.2 Å². The normalized spacial score (nSPS) is 10.3. The van der Waals surface area contributed by atoms with Gasteiger partial charge in [0.05, 0.1) is 18.2 Å². The predicted octanol–water partition coefficient (Wildman–Crippen LogP) is 2.90. The summed E-state index contributed by atoms with van der Waals surface area (Å²) in [6, 6.07) is 6.21. The standard InChI is InChI=1S/C14H17FN2O2/c1-10(2)9-17(8-4-7-16)12-6-3-5-11(15)13(12)14(18)19/h3,5-6,10H,4,8-9H2,1-2H3,(H,18,19). The van der Waals surface area contributed by atoms with Crippen LogP contribution in [0.4, 0.5) is 10.1 Å². The zero-order chi connectivity index (χ0) is 14.4. The number of hydrogen-bond donors (Lipinski definition) is 1. The Labute approximate surface area is 112 Å². The highest BCUT2D eigenvalue weighted by molar-refractivity contribution is 5.94. The summed E-state index contributed by atoms with van der Waals surface area (Å²) in [5.41, 5.74) is -0.00228. The van der Waals surface area contributed by atoms with Crippen molar-refractivity contribution in [1.29, 1.82) is 5.26 Å². The molecule has 0 atom stereocenters. The van der Waals surface area contributed by atoms with Crippen molar-refractivity contribution in [1.82, 2.24) is 0 Å². The molecule has 1 N–H and O–H groups in total. The lowest BCUT2D eigenvalue weighted by molar-refractivity contribution is 0.0692. The fraction of sp³-hybridized carbons (Fsp3) is 0.429. The molecule has 0 unspecified atom stereocenters. The van der Waals surface area contributed by atoms with E-state index in [1.807, 2.05) is 19.9 Å². The maximum atomic E-state index is 13.6. The first kappa shape index (κ1) is 15.0. The molecule has 0 aliphatic rings. The van der Waals surface area contributed by atoms with Crippen LogP contribution in [0.5, 0.6) is 0 Å². The van der Waals surface area contributed by atoms with Gasteiger partial charge in [0.15, 0.2) is 0 Å². The van der Waals surface area contributed by atoms with Gasteiger partial charge in [-0.05, 0) is 18.1 Å². The van der Waals surface area contributed by atoms with Crippen LogP contribution in [0.25, 0.3) is 0 Å². The second kappa shape index (κ2) is 6.74. The monoisotopic (exact) mass is 264 g/mol. The van der Waals surface area contributed by atoms with Gasteiger partial charge in [-0.2, -0.15) is 5.26 Å². The first-order valence-electron chi connectivity index (χ1n) is 6.11. The number of benzene rings is 1. The van der Waals surface area contributed by atoms with Crippen molar-refractivity contribution in [3.05, 3.63) is 29.6 Å². The van der Waals surface area contributed by atoms with Gasteiger partial charge in [-0.1, -0.05) is 19.9 Å². The number of carboxylic acids is 1. The largest absolute Gasteiger partial charge is 0.478 e. The van der Waals surface area contributed by atoms with Crippen molar-refractivity contribution >= 4 is 11.7 Å². The first-order chi connectivity index (χ1) is 8.97. The number of anilines is 1. The first-order valence-corrected chi connectivity index (χ1v) is 6.11. The van der Waals surface area contributed by atoms with Crippen LogP contribution in [-0.4, -0.2) is 24.2 Å². The van der Waals surface area contributed by atoms with Gasteiger partial charge in [-0.15, -0.1) is 0 Å². The molecule has 0 aromatic heterocycles. The fourth-order valence-corrected chi connectivity index (χ4v) is 1.92. The molecule has 1 aromatic rings. The lowest BCUT2D eigenvalue weighted by Crippen LogP contribution is -2.30. The van der Waals surface area contributed by atoms with E-state index >= 15 is 0 Å². The van der Waals surface area contributed by atoms with Crippen LogP contribution in [0.2, 0.25) is 0 Å². The SMILES string of the molecule is CC(C)CN(CCC#N)c1cccc(F)c1C(=O)O. The van der Waals surface area contributed by atoms with Crippen molar-refractivity contribution in [3.8, 4) is 6.07 Å². The molecule has 0 saturated heterocycles. The van der Waals surface area contributed by atoms with Crippen LogP contribution >= 0.6 is 0 Å². The Morgan fingerprint density at radius 2 is 2.21 bits per heavy atom. The minimum Gasteiger partial charge on any atom is -0.478 e. The number of carbonyl (C=O) groups is 1. The quantitative estimate of drug-likeness (QED) is 0.858. The van der Waals surface area contributed by atoms with E-state index < -0.39 is 11.8 Å². The van der Waals surface area contributed by atoms with E-state index in [2.05, 4.69) is 0 Å². The Morgan fingerprint density at radius 1 is 1.53 bits per heavy atom. The number of aromatic carboxylic acids is 1. The predicted molar refractivity (Wildman–Crippen MR) is 70.6 cm³/mol. The van der Waals surface area contributed by atoms with Gasteiger partial charge in [-0.25, -0.2) is 9.18 Å². The smallest absolute Gasteiger partial charge is 0.340 e. The van der Waals surface area contributed by atoms with Crippen LogP contribution in [0.3, 0.4) is 0 Å². The molecule has 0 amide bonds. The van der Waals surface area contributed by atoms with Crippen LogP contribution in [0.1, 0.15) is 30.6 Å². The molecule has 0 aliphatic carbocycles. The highest BCUT2D eigenvalue weighted by atomic mass is 19.1. The summed E-state index contributed by atoms with van der Waals surface area (Å²) in [5.74, 6) is -1.77. The lowest BCUT2D eigenvalue weighted by atomic mass is 10.1. The van der Waals surface area contributed by atoms with E-state index in [0.717, 1.165) is 6.07 Å². The summed E-state index contributed by atoms with van der Waals surface area (Å²) in [6.07, 6.45) is 0.266. The number of nitriles is 1. The van der Waals surface area contributed by atoms with Crippen LogP contribution < -0.4 is 4.90 Å². The summed E-state index contributed by atoms with van der Waals surface area (Å²) in [5, 5.41) is 17.8. The molecule has 102 valence electrons. The Morgan fingerprint density at radius 3 is 2.74 bits per heavy atom. The average molecular weight is 264 g/mol. The molecule has 0 bridgehead atoms. The second-order valence-electron chi connectivity index (χ2n) is 4.69. The van der Waals surface area contributed by atoms with Gasteiger partial charge in [0.1, 0.15) is 11.4 Å². The van der Waals surface area contributed by atoms with Crippen molar-refractivity contribution in [2.45, 2.75) is 20.3 Å². The third-order valence-corrected chi connectivity index (χ3v) is 2.63. The number of carboxylic acid groups (broad SMARTS) is 1. The maximum Gasteiger partial charge on any atom is 0.340 e. The lowest BCUT2D eigenvalue weighted by Gasteiger charge is -2.27. The third kappa shape index (κ3) is 3.95. The van der Waals surface area contributed by atoms with Crippen molar-refractivity contribution < 1.29 is 14.3 Å². The molecule has 1 aromatic carbocycles. The Bertz CT molecular complexity index is 495. The van der Waals surface area contributed by atoms with Crippen molar-refractivity contribution in [2.75, 3.05) is 18.0 Å². The van der Waals surface area contributed by atoms with E-state index in [9.17, 15) is 9.18 Å². The zero-order valence-corrected chi connectivity index (χ0v) is 11.1. The van der Waals surface area contributed by atoms with Crippen LogP contribution in [-0.2, 0) is 0 Å². The van der Waals surface area contributed by atoms with E-state index in [4.69, 9.17) is 10.4 Å². The Hall–Kier alpha value is -2.09. The van der Waals surface area contributed by atoms with Gasteiger partial charge in [0.25, 0.3) is 0 Å². The fourth-order valence-electron chi connectivity index (χ4n) is 1.92. The molecule has 19 heavy (non-hydrogen) atoms. The Kier molecular flexibility index (Phi) is 5.31. The summed E-state index contributed by atoms with van der Waals surface area (Å²) >= 11 is 0. The second-order valence-corrected chi connectivity index (χ2v) is 4.69. The maximum absolute atomic E-state index is 13.6. The number of halogens is 1.